The molecule has 1 amide bonds. The van der Waals surface area contributed by atoms with E-state index >= 15 is 0 Å². The number of thioether (sulfide) groups is 1. The van der Waals surface area contributed by atoms with Crippen LogP contribution in [0.25, 0.3) is 6.08 Å². The van der Waals surface area contributed by atoms with E-state index in [2.05, 4.69) is 11.9 Å². The topological polar surface area (TPSA) is 64.6 Å². The summed E-state index contributed by atoms with van der Waals surface area (Å²) in [6, 6.07) is 14.7. The van der Waals surface area contributed by atoms with Crippen molar-refractivity contribution in [3.63, 3.8) is 0 Å². The highest BCUT2D eigenvalue weighted by Crippen LogP contribution is 2.24. The molecule has 6 heteroatoms. The molecule has 0 atom stereocenters. The molecule has 2 rings (SSSR count). The van der Waals surface area contributed by atoms with Gasteiger partial charge in [-0.2, -0.15) is 0 Å². The second kappa shape index (κ2) is 10.9. The molecule has 0 radical (unpaired) electrons. The zero-order valence-electron chi connectivity index (χ0n) is 15.0. The Balaban J connectivity index is 1.80. The Morgan fingerprint density at radius 1 is 1.15 bits per heavy atom. The van der Waals surface area contributed by atoms with Gasteiger partial charge in [0.05, 0.1) is 5.69 Å². The Bertz CT molecular complexity index is 815. The maximum Gasteiger partial charge on any atom is 0.331 e. The first-order valence-electron chi connectivity index (χ1n) is 8.24. The van der Waals surface area contributed by atoms with E-state index in [0.717, 1.165) is 16.2 Å². The zero-order chi connectivity index (χ0) is 19.5. The largest absolute Gasteiger partial charge is 0.490 e. The fourth-order valence-corrected chi connectivity index (χ4v) is 2.67. The minimum absolute atomic E-state index is 0.347. The molecule has 140 valence electrons. The van der Waals surface area contributed by atoms with Crippen LogP contribution in [0.3, 0.4) is 0 Å². The quantitative estimate of drug-likeness (QED) is 0.305. The number of esters is 1. The van der Waals surface area contributed by atoms with Crippen LogP contribution in [0.5, 0.6) is 5.75 Å². The Labute approximate surface area is 163 Å². The van der Waals surface area contributed by atoms with Crippen molar-refractivity contribution in [2.45, 2.75) is 4.90 Å². The second-order valence-electron chi connectivity index (χ2n) is 5.36. The van der Waals surface area contributed by atoms with Crippen molar-refractivity contribution in [3.8, 4) is 5.75 Å². The van der Waals surface area contributed by atoms with Gasteiger partial charge in [0, 0.05) is 11.0 Å². The Hall–Kier alpha value is -2.99. The van der Waals surface area contributed by atoms with E-state index in [0.29, 0.717) is 12.3 Å². The number of benzene rings is 2. The molecule has 2 aromatic rings. The molecule has 0 saturated carbocycles. The third kappa shape index (κ3) is 7.03. The van der Waals surface area contributed by atoms with Gasteiger partial charge in [0.2, 0.25) is 0 Å². The van der Waals surface area contributed by atoms with Crippen molar-refractivity contribution in [2.24, 2.45) is 0 Å². The standard InChI is InChI=1S/C21H21NO4S/c1-3-14-25-17-11-8-16(9-12-17)10-13-21(24)26-15-20(23)22-18-6-4-5-7-19(18)27-2/h3-13H,1,14-15H2,2H3,(H,22,23)/b13-10+. The fraction of sp³-hybridized carbons (Fsp3) is 0.143. The third-order valence-electron chi connectivity index (χ3n) is 3.39. The van der Waals surface area contributed by atoms with Crippen molar-refractivity contribution < 1.29 is 19.1 Å². The molecular weight excluding hydrogens is 362 g/mol. The highest BCUT2D eigenvalue weighted by molar-refractivity contribution is 7.98. The maximum absolute atomic E-state index is 11.9. The average molecular weight is 383 g/mol. The van der Waals surface area contributed by atoms with Crippen LogP contribution in [0, 0.1) is 0 Å². The Morgan fingerprint density at radius 2 is 1.89 bits per heavy atom. The van der Waals surface area contributed by atoms with E-state index in [1.165, 1.54) is 17.8 Å². The highest BCUT2D eigenvalue weighted by atomic mass is 32.2. The summed E-state index contributed by atoms with van der Waals surface area (Å²) in [6.07, 6.45) is 6.48. The minimum Gasteiger partial charge on any atom is -0.490 e. The van der Waals surface area contributed by atoms with Crippen molar-refractivity contribution in [2.75, 3.05) is 24.8 Å². The molecule has 0 spiro atoms. The van der Waals surface area contributed by atoms with Crippen molar-refractivity contribution in [1.29, 1.82) is 0 Å². The molecule has 0 aliphatic heterocycles. The summed E-state index contributed by atoms with van der Waals surface area (Å²) in [5.41, 5.74) is 1.51. The number of hydrogen-bond donors (Lipinski definition) is 1. The molecule has 2 aromatic carbocycles. The molecule has 0 aliphatic carbocycles. The normalized spacial score (nSPS) is 10.4. The second-order valence-corrected chi connectivity index (χ2v) is 6.21. The highest BCUT2D eigenvalue weighted by Gasteiger charge is 2.08. The lowest BCUT2D eigenvalue weighted by atomic mass is 10.2. The van der Waals surface area contributed by atoms with Gasteiger partial charge in [-0.1, -0.05) is 36.9 Å². The van der Waals surface area contributed by atoms with Crippen LogP contribution < -0.4 is 10.1 Å². The first-order valence-corrected chi connectivity index (χ1v) is 9.46. The molecule has 0 bridgehead atoms. The summed E-state index contributed by atoms with van der Waals surface area (Å²) in [7, 11) is 0. The van der Waals surface area contributed by atoms with Gasteiger partial charge in [-0.15, -0.1) is 11.8 Å². The van der Waals surface area contributed by atoms with Gasteiger partial charge in [0.15, 0.2) is 6.61 Å². The van der Waals surface area contributed by atoms with E-state index in [-0.39, 0.29) is 12.5 Å². The Morgan fingerprint density at radius 3 is 2.59 bits per heavy atom. The number of nitrogens with one attached hydrogen (secondary N) is 1. The maximum atomic E-state index is 11.9. The van der Waals surface area contributed by atoms with Crippen LogP contribution in [0.1, 0.15) is 5.56 Å². The molecule has 0 heterocycles. The molecule has 0 fully saturated rings. The molecule has 0 saturated heterocycles. The lowest BCUT2D eigenvalue weighted by Crippen LogP contribution is -2.20. The SMILES string of the molecule is C=CCOc1ccc(/C=C/C(=O)OCC(=O)Nc2ccccc2SC)cc1. The monoisotopic (exact) mass is 383 g/mol. The number of amides is 1. The number of hydrogen-bond acceptors (Lipinski definition) is 5. The first-order chi connectivity index (χ1) is 13.1. The predicted octanol–water partition coefficient (Wildman–Crippen LogP) is 4.17. The van der Waals surface area contributed by atoms with Gasteiger partial charge >= 0.3 is 5.97 Å². The average Bonchev–Trinajstić information content (AvgIpc) is 2.70. The van der Waals surface area contributed by atoms with E-state index in [1.807, 2.05) is 36.6 Å². The third-order valence-corrected chi connectivity index (χ3v) is 4.18. The molecular formula is C21H21NO4S. The van der Waals surface area contributed by atoms with Crippen molar-refractivity contribution >= 4 is 35.4 Å². The van der Waals surface area contributed by atoms with Gasteiger partial charge in [0.25, 0.3) is 5.91 Å². The molecule has 5 nitrogen and oxygen atoms in total. The van der Waals surface area contributed by atoms with Crippen LogP contribution in [-0.2, 0) is 14.3 Å². The number of para-hydroxylation sites is 1. The summed E-state index contributed by atoms with van der Waals surface area (Å²) in [6.45, 7) is 3.68. The smallest absolute Gasteiger partial charge is 0.331 e. The number of rotatable bonds is 9. The van der Waals surface area contributed by atoms with Crippen molar-refractivity contribution in [3.05, 3.63) is 72.8 Å². The first kappa shape index (κ1) is 20.3. The lowest BCUT2D eigenvalue weighted by molar-refractivity contribution is -0.142. The number of ether oxygens (including phenoxy) is 2. The summed E-state index contributed by atoms with van der Waals surface area (Å²) >= 11 is 1.53. The summed E-state index contributed by atoms with van der Waals surface area (Å²) < 4.78 is 10.4. The van der Waals surface area contributed by atoms with Crippen LogP contribution >= 0.6 is 11.8 Å². The molecule has 0 unspecified atom stereocenters. The van der Waals surface area contributed by atoms with E-state index < -0.39 is 5.97 Å². The number of anilines is 1. The predicted molar refractivity (Wildman–Crippen MR) is 109 cm³/mol. The van der Waals surface area contributed by atoms with Gasteiger partial charge in [0.1, 0.15) is 12.4 Å². The molecule has 0 aromatic heterocycles. The molecule has 0 aliphatic rings. The van der Waals surface area contributed by atoms with E-state index in [9.17, 15) is 9.59 Å². The number of carbonyl (C=O) groups is 2. The molecule has 27 heavy (non-hydrogen) atoms. The van der Waals surface area contributed by atoms with Crippen molar-refractivity contribution in [1.82, 2.24) is 0 Å². The fourth-order valence-electron chi connectivity index (χ4n) is 2.11. The number of carbonyl (C=O) groups excluding carboxylic acids is 2. The van der Waals surface area contributed by atoms with E-state index in [4.69, 9.17) is 9.47 Å². The summed E-state index contributed by atoms with van der Waals surface area (Å²) in [5, 5.41) is 2.73. The van der Waals surface area contributed by atoms with Crippen LogP contribution in [0.15, 0.2) is 72.2 Å². The van der Waals surface area contributed by atoms with Gasteiger partial charge in [-0.3, -0.25) is 4.79 Å². The minimum atomic E-state index is -0.588. The van der Waals surface area contributed by atoms with Crippen LogP contribution in [0.2, 0.25) is 0 Å². The zero-order valence-corrected chi connectivity index (χ0v) is 15.8. The van der Waals surface area contributed by atoms with Crippen LogP contribution in [0.4, 0.5) is 5.69 Å². The summed E-state index contributed by atoms with van der Waals surface area (Å²) in [5.74, 6) is -0.255. The lowest BCUT2D eigenvalue weighted by Gasteiger charge is -2.09. The van der Waals surface area contributed by atoms with Gasteiger partial charge in [-0.05, 0) is 42.2 Å². The Kier molecular flexibility index (Phi) is 8.19. The van der Waals surface area contributed by atoms with Gasteiger partial charge < -0.3 is 14.8 Å². The van der Waals surface area contributed by atoms with Gasteiger partial charge in [-0.25, -0.2) is 4.79 Å². The molecule has 1 N–H and O–H groups in total. The van der Waals surface area contributed by atoms with Crippen LogP contribution in [-0.4, -0.2) is 31.3 Å². The summed E-state index contributed by atoms with van der Waals surface area (Å²) in [4.78, 5) is 24.7. The van der Waals surface area contributed by atoms with E-state index in [1.54, 1.807) is 30.4 Å².